The van der Waals surface area contributed by atoms with Crippen molar-refractivity contribution in [2.24, 2.45) is 12.8 Å². The largest absolute Gasteiger partial charge is 0.320 e. The predicted molar refractivity (Wildman–Crippen MR) is 68.1 cm³/mol. The van der Waals surface area contributed by atoms with Gasteiger partial charge in [-0.2, -0.15) is 5.10 Å². The van der Waals surface area contributed by atoms with E-state index in [1.807, 2.05) is 14.0 Å². The third-order valence-electron chi connectivity index (χ3n) is 2.90. The molecule has 1 unspecified atom stereocenters. The lowest BCUT2D eigenvalue weighted by Gasteiger charge is -2.13. The molecule has 0 spiro atoms. The number of nitrogens with two attached hydrogens (primary N) is 1. The molecule has 0 aliphatic carbocycles. The van der Waals surface area contributed by atoms with Gasteiger partial charge in [-0.15, -0.1) is 0 Å². The van der Waals surface area contributed by atoms with Crippen molar-refractivity contribution in [3.05, 3.63) is 51.5 Å². The minimum atomic E-state index is -0.499. The van der Waals surface area contributed by atoms with Crippen molar-refractivity contribution in [2.45, 2.75) is 13.0 Å². The number of benzene rings is 1. The summed E-state index contributed by atoms with van der Waals surface area (Å²) in [6.07, 6.45) is 1.68. The fourth-order valence-corrected chi connectivity index (χ4v) is 2.12. The number of nitrogens with zero attached hydrogens (tertiary/aromatic N) is 2. The summed E-state index contributed by atoms with van der Waals surface area (Å²) in [5.74, 6) is -0.302. The summed E-state index contributed by atoms with van der Waals surface area (Å²) < 4.78 is 16.3. The minimum Gasteiger partial charge on any atom is -0.320 e. The Morgan fingerprint density at radius 1 is 1.41 bits per heavy atom. The number of rotatable bonds is 2. The maximum atomic E-state index is 13.7. The van der Waals surface area contributed by atoms with Crippen LogP contribution in [0.25, 0.3) is 0 Å². The number of hydrogen-bond donors (Lipinski definition) is 1. The Kier molecular flexibility index (Phi) is 3.31. The van der Waals surface area contributed by atoms with Gasteiger partial charge in [-0.1, -0.05) is 15.9 Å². The first kappa shape index (κ1) is 12.3. The van der Waals surface area contributed by atoms with Crippen LogP contribution in [0.2, 0.25) is 0 Å². The summed E-state index contributed by atoms with van der Waals surface area (Å²) in [6, 6.07) is 4.26. The van der Waals surface area contributed by atoms with E-state index >= 15 is 0 Å². The normalized spacial score (nSPS) is 12.8. The lowest BCUT2D eigenvalue weighted by molar-refractivity contribution is 0.598. The first-order valence-corrected chi connectivity index (χ1v) is 5.99. The van der Waals surface area contributed by atoms with Gasteiger partial charge in [0.15, 0.2) is 0 Å². The molecule has 0 radical (unpaired) electrons. The molecule has 3 nitrogen and oxygen atoms in total. The van der Waals surface area contributed by atoms with Gasteiger partial charge in [-0.25, -0.2) is 4.39 Å². The van der Waals surface area contributed by atoms with Crippen molar-refractivity contribution in [1.29, 1.82) is 0 Å². The van der Waals surface area contributed by atoms with Gasteiger partial charge in [0.05, 0.1) is 12.2 Å². The second-order valence-corrected chi connectivity index (χ2v) is 4.87. The molecule has 0 saturated heterocycles. The van der Waals surface area contributed by atoms with E-state index in [2.05, 4.69) is 21.0 Å². The number of aromatic nitrogens is 2. The quantitative estimate of drug-likeness (QED) is 0.926. The average molecular weight is 298 g/mol. The molecule has 1 aromatic carbocycles. The van der Waals surface area contributed by atoms with Crippen LogP contribution in [-0.2, 0) is 7.05 Å². The van der Waals surface area contributed by atoms with Gasteiger partial charge in [0, 0.05) is 28.3 Å². The average Bonchev–Trinajstić information content (AvgIpc) is 2.62. The molecule has 2 rings (SSSR count). The summed E-state index contributed by atoms with van der Waals surface area (Å²) >= 11 is 3.32. The molecular weight excluding hydrogens is 285 g/mol. The van der Waals surface area contributed by atoms with Gasteiger partial charge in [0.25, 0.3) is 0 Å². The maximum absolute atomic E-state index is 13.7. The number of hydrogen-bond acceptors (Lipinski definition) is 2. The summed E-state index contributed by atoms with van der Waals surface area (Å²) in [7, 11) is 1.84. The van der Waals surface area contributed by atoms with Crippen molar-refractivity contribution in [3.63, 3.8) is 0 Å². The first-order valence-electron chi connectivity index (χ1n) is 5.19. The van der Waals surface area contributed by atoms with Crippen molar-refractivity contribution in [1.82, 2.24) is 9.78 Å². The van der Waals surface area contributed by atoms with Crippen LogP contribution in [0.3, 0.4) is 0 Å². The van der Waals surface area contributed by atoms with Gasteiger partial charge < -0.3 is 5.73 Å². The summed E-state index contributed by atoms with van der Waals surface area (Å²) in [5, 5.41) is 4.12. The zero-order chi connectivity index (χ0) is 12.6. The van der Waals surface area contributed by atoms with Crippen LogP contribution < -0.4 is 5.73 Å². The van der Waals surface area contributed by atoms with Crippen LogP contribution in [-0.4, -0.2) is 9.78 Å². The Labute approximate surface area is 108 Å². The Balaban J connectivity index is 2.47. The smallest absolute Gasteiger partial charge is 0.128 e. The number of aryl methyl sites for hydroxylation is 1. The van der Waals surface area contributed by atoms with Crippen molar-refractivity contribution < 1.29 is 4.39 Å². The Morgan fingerprint density at radius 3 is 2.71 bits per heavy atom. The highest BCUT2D eigenvalue weighted by atomic mass is 79.9. The number of halogens is 2. The van der Waals surface area contributed by atoms with Crippen molar-refractivity contribution in [3.8, 4) is 0 Å². The molecule has 1 aromatic heterocycles. The van der Waals surface area contributed by atoms with E-state index in [0.29, 0.717) is 5.56 Å². The summed E-state index contributed by atoms with van der Waals surface area (Å²) in [6.45, 7) is 1.91. The van der Waals surface area contributed by atoms with Gasteiger partial charge in [0.2, 0.25) is 0 Å². The molecule has 0 amide bonds. The highest BCUT2D eigenvalue weighted by Gasteiger charge is 2.18. The zero-order valence-corrected chi connectivity index (χ0v) is 11.2. The van der Waals surface area contributed by atoms with Gasteiger partial charge in [-0.05, 0) is 25.1 Å². The maximum Gasteiger partial charge on any atom is 0.128 e. The minimum absolute atomic E-state index is 0.302. The molecule has 0 bridgehead atoms. The molecule has 0 aliphatic heterocycles. The van der Waals surface area contributed by atoms with E-state index in [1.165, 1.54) is 6.07 Å². The van der Waals surface area contributed by atoms with E-state index in [1.54, 1.807) is 23.0 Å². The first-order chi connectivity index (χ1) is 8.00. The Morgan fingerprint density at radius 2 is 2.12 bits per heavy atom. The SMILES string of the molecule is Cc1c(C(N)c2cc(Br)ccc2F)cnn1C. The van der Waals surface area contributed by atoms with E-state index in [9.17, 15) is 4.39 Å². The predicted octanol–water partition coefficient (Wildman–Crippen LogP) is 2.68. The molecule has 0 saturated carbocycles. The fraction of sp³-hybridized carbons (Fsp3) is 0.250. The van der Waals surface area contributed by atoms with Crippen LogP contribution in [0.15, 0.2) is 28.9 Å². The molecule has 0 aliphatic rings. The Bertz CT molecular complexity index is 551. The van der Waals surface area contributed by atoms with E-state index in [0.717, 1.165) is 15.7 Å². The monoisotopic (exact) mass is 297 g/mol. The highest BCUT2D eigenvalue weighted by Crippen LogP contribution is 2.26. The molecule has 0 fully saturated rings. The Hall–Kier alpha value is -1.20. The van der Waals surface area contributed by atoms with Crippen LogP contribution in [0.1, 0.15) is 22.9 Å². The van der Waals surface area contributed by atoms with E-state index < -0.39 is 6.04 Å². The summed E-state index contributed by atoms with van der Waals surface area (Å²) in [5.41, 5.74) is 8.33. The van der Waals surface area contributed by atoms with Crippen LogP contribution in [0.5, 0.6) is 0 Å². The second kappa shape index (κ2) is 4.58. The van der Waals surface area contributed by atoms with Crippen LogP contribution in [0.4, 0.5) is 4.39 Å². The van der Waals surface area contributed by atoms with Crippen LogP contribution >= 0.6 is 15.9 Å². The third kappa shape index (κ3) is 2.25. The second-order valence-electron chi connectivity index (χ2n) is 3.95. The van der Waals surface area contributed by atoms with Crippen molar-refractivity contribution in [2.75, 3.05) is 0 Å². The standard InChI is InChI=1S/C12H13BrFN3/c1-7-10(6-16-17(7)2)12(15)9-5-8(13)3-4-11(9)14/h3-6,12H,15H2,1-2H3. The fourth-order valence-electron chi connectivity index (χ4n) is 1.74. The zero-order valence-electron chi connectivity index (χ0n) is 9.61. The molecule has 1 heterocycles. The molecule has 2 aromatic rings. The molecule has 1 atom stereocenters. The summed E-state index contributed by atoms with van der Waals surface area (Å²) in [4.78, 5) is 0. The molecular formula is C12H13BrFN3. The van der Waals surface area contributed by atoms with Crippen LogP contribution in [0, 0.1) is 12.7 Å². The lowest BCUT2D eigenvalue weighted by Crippen LogP contribution is -2.14. The van der Waals surface area contributed by atoms with Crippen molar-refractivity contribution >= 4 is 15.9 Å². The molecule has 2 N–H and O–H groups in total. The van der Waals surface area contributed by atoms with Gasteiger partial charge in [-0.3, -0.25) is 4.68 Å². The molecule has 17 heavy (non-hydrogen) atoms. The third-order valence-corrected chi connectivity index (χ3v) is 3.39. The van der Waals surface area contributed by atoms with Gasteiger partial charge in [0.1, 0.15) is 5.82 Å². The highest BCUT2D eigenvalue weighted by molar-refractivity contribution is 9.10. The molecule has 5 heteroatoms. The van der Waals surface area contributed by atoms with E-state index in [-0.39, 0.29) is 5.82 Å². The van der Waals surface area contributed by atoms with E-state index in [4.69, 9.17) is 5.73 Å². The molecule has 90 valence electrons. The lowest BCUT2D eigenvalue weighted by atomic mass is 10.00. The van der Waals surface area contributed by atoms with Gasteiger partial charge >= 0.3 is 0 Å². The topological polar surface area (TPSA) is 43.8 Å².